The fraction of sp³-hybridized carbons (Fsp3) is 0.588. The van der Waals surface area contributed by atoms with E-state index in [-0.39, 0.29) is 5.78 Å². The molecule has 1 N–H and O–H groups in total. The molecular formula is C17H23NO2. The average molecular weight is 273 g/mol. The molecule has 3 rings (SSSR count). The van der Waals surface area contributed by atoms with Gasteiger partial charge in [-0.3, -0.25) is 4.79 Å². The summed E-state index contributed by atoms with van der Waals surface area (Å²) in [5.74, 6) is 2.44. The molecule has 0 amide bonds. The molecule has 0 radical (unpaired) electrons. The number of Topliss-reactive ketones (excluding diaryl/α,β-unsaturated/α-hetero) is 1. The van der Waals surface area contributed by atoms with Crippen LogP contribution in [-0.2, 0) is 0 Å². The van der Waals surface area contributed by atoms with Crippen molar-refractivity contribution in [3.63, 3.8) is 0 Å². The van der Waals surface area contributed by atoms with E-state index in [1.54, 1.807) is 0 Å². The third-order valence-corrected chi connectivity index (χ3v) is 4.77. The van der Waals surface area contributed by atoms with Crippen LogP contribution in [0.1, 0.15) is 43.0 Å². The molecule has 1 saturated carbocycles. The quantitative estimate of drug-likeness (QED) is 0.838. The number of benzene rings is 1. The van der Waals surface area contributed by atoms with Crippen LogP contribution in [0, 0.1) is 11.8 Å². The molecule has 2 fully saturated rings. The summed E-state index contributed by atoms with van der Waals surface area (Å²) in [6, 6.07) is 7.97. The molecule has 3 nitrogen and oxygen atoms in total. The summed E-state index contributed by atoms with van der Waals surface area (Å²) >= 11 is 0. The van der Waals surface area contributed by atoms with Crippen molar-refractivity contribution in [1.29, 1.82) is 0 Å². The van der Waals surface area contributed by atoms with E-state index in [1.807, 2.05) is 31.2 Å². The Hall–Kier alpha value is -1.35. The van der Waals surface area contributed by atoms with Gasteiger partial charge in [-0.15, -0.1) is 0 Å². The average Bonchev–Trinajstić information content (AvgIpc) is 3.05. The molecule has 0 aromatic heterocycles. The van der Waals surface area contributed by atoms with Crippen LogP contribution in [0.5, 0.6) is 5.75 Å². The largest absolute Gasteiger partial charge is 0.493 e. The number of hydrogen-bond donors (Lipinski definition) is 1. The van der Waals surface area contributed by atoms with Crippen LogP contribution in [-0.4, -0.2) is 25.0 Å². The first-order valence-electron chi connectivity index (χ1n) is 7.78. The van der Waals surface area contributed by atoms with Gasteiger partial charge in [0.1, 0.15) is 5.75 Å². The molecule has 1 heterocycles. The molecule has 3 unspecified atom stereocenters. The van der Waals surface area contributed by atoms with Crippen molar-refractivity contribution in [3.8, 4) is 5.75 Å². The second-order valence-corrected chi connectivity index (χ2v) is 5.93. The van der Waals surface area contributed by atoms with Gasteiger partial charge in [-0.25, -0.2) is 0 Å². The Kier molecular flexibility index (Phi) is 4.06. The normalized spacial score (nSPS) is 28.4. The van der Waals surface area contributed by atoms with E-state index in [2.05, 4.69) is 5.32 Å². The molecule has 0 spiro atoms. The van der Waals surface area contributed by atoms with Gasteiger partial charge in [0.05, 0.1) is 12.2 Å². The summed E-state index contributed by atoms with van der Waals surface area (Å²) < 4.78 is 5.57. The molecule has 108 valence electrons. The van der Waals surface area contributed by atoms with Gasteiger partial charge in [-0.05, 0) is 50.3 Å². The lowest BCUT2D eigenvalue weighted by Gasteiger charge is -2.18. The third-order valence-electron chi connectivity index (χ3n) is 4.77. The Morgan fingerprint density at radius 2 is 2.20 bits per heavy atom. The maximum atomic E-state index is 12.6. The van der Waals surface area contributed by atoms with Crippen molar-refractivity contribution < 1.29 is 9.53 Å². The highest BCUT2D eigenvalue weighted by Crippen LogP contribution is 2.39. The predicted octanol–water partition coefficient (Wildman–Crippen LogP) is 3.05. The lowest BCUT2D eigenvalue weighted by atomic mass is 9.90. The first-order valence-corrected chi connectivity index (χ1v) is 7.78. The standard InChI is InChI=1S/C17H23NO2/c1-2-20-17-9-4-3-7-14(17)16(19)10-15-13-8-5-6-12(13)11-18-15/h3-4,7,9,12-13,15,18H,2,5-6,8,10-11H2,1H3. The summed E-state index contributed by atoms with van der Waals surface area (Å²) in [4.78, 5) is 12.6. The van der Waals surface area contributed by atoms with E-state index in [9.17, 15) is 4.79 Å². The summed E-state index contributed by atoms with van der Waals surface area (Å²) in [5.41, 5.74) is 0.734. The van der Waals surface area contributed by atoms with Gasteiger partial charge in [0.25, 0.3) is 0 Å². The number of carbonyl (C=O) groups excluding carboxylic acids is 1. The number of fused-ring (bicyclic) bond motifs is 1. The highest BCUT2D eigenvalue weighted by atomic mass is 16.5. The highest BCUT2D eigenvalue weighted by molar-refractivity contribution is 5.99. The van der Waals surface area contributed by atoms with Gasteiger partial charge in [0.15, 0.2) is 5.78 Å². The number of ketones is 1. The van der Waals surface area contributed by atoms with Gasteiger partial charge in [-0.2, -0.15) is 0 Å². The maximum absolute atomic E-state index is 12.6. The van der Waals surface area contributed by atoms with Crippen LogP contribution in [0.4, 0.5) is 0 Å². The number of ether oxygens (including phenoxy) is 1. The van der Waals surface area contributed by atoms with Crippen molar-refractivity contribution in [2.45, 2.75) is 38.6 Å². The molecule has 1 saturated heterocycles. The summed E-state index contributed by atoms with van der Waals surface area (Å²) in [6.45, 7) is 3.63. The van der Waals surface area contributed by atoms with E-state index >= 15 is 0 Å². The Bertz CT molecular complexity index is 486. The SMILES string of the molecule is CCOc1ccccc1C(=O)CC1NCC2CCCC21. The molecule has 3 atom stereocenters. The molecule has 20 heavy (non-hydrogen) atoms. The number of nitrogens with one attached hydrogen (secondary N) is 1. The number of hydrogen-bond acceptors (Lipinski definition) is 3. The van der Waals surface area contributed by atoms with Crippen LogP contribution < -0.4 is 10.1 Å². The lowest BCUT2D eigenvalue weighted by Crippen LogP contribution is -2.29. The predicted molar refractivity (Wildman–Crippen MR) is 79.2 cm³/mol. The fourth-order valence-corrected chi connectivity index (χ4v) is 3.81. The monoisotopic (exact) mass is 273 g/mol. The molecule has 2 aliphatic rings. The lowest BCUT2D eigenvalue weighted by molar-refractivity contribution is 0.0960. The van der Waals surface area contributed by atoms with E-state index in [4.69, 9.17) is 4.74 Å². The summed E-state index contributed by atoms with van der Waals surface area (Å²) in [7, 11) is 0. The van der Waals surface area contributed by atoms with Crippen molar-refractivity contribution in [2.24, 2.45) is 11.8 Å². The Morgan fingerprint density at radius 1 is 1.35 bits per heavy atom. The number of carbonyl (C=O) groups is 1. The van der Waals surface area contributed by atoms with Crippen molar-refractivity contribution in [2.75, 3.05) is 13.2 Å². The molecule has 1 aliphatic carbocycles. The Morgan fingerprint density at radius 3 is 3.05 bits per heavy atom. The van der Waals surface area contributed by atoms with Gasteiger partial charge in [-0.1, -0.05) is 18.6 Å². The van der Waals surface area contributed by atoms with Gasteiger partial charge in [0, 0.05) is 12.5 Å². The van der Waals surface area contributed by atoms with Crippen LogP contribution in [0.2, 0.25) is 0 Å². The van der Waals surface area contributed by atoms with Crippen LogP contribution in [0.3, 0.4) is 0 Å². The van der Waals surface area contributed by atoms with Gasteiger partial charge >= 0.3 is 0 Å². The minimum absolute atomic E-state index is 0.208. The molecule has 1 aromatic rings. The molecule has 3 heteroatoms. The molecule has 0 bridgehead atoms. The Labute approximate surface area is 120 Å². The third kappa shape index (κ3) is 2.59. The van der Waals surface area contributed by atoms with Crippen molar-refractivity contribution >= 4 is 5.78 Å². The highest BCUT2D eigenvalue weighted by Gasteiger charge is 2.39. The smallest absolute Gasteiger partial charge is 0.168 e. The van der Waals surface area contributed by atoms with Gasteiger partial charge in [0.2, 0.25) is 0 Å². The first-order chi connectivity index (χ1) is 9.79. The molecule has 1 aromatic carbocycles. The van der Waals surface area contributed by atoms with E-state index in [0.717, 1.165) is 23.8 Å². The first kappa shape index (κ1) is 13.6. The second-order valence-electron chi connectivity index (χ2n) is 5.93. The maximum Gasteiger partial charge on any atom is 0.168 e. The molecule has 1 aliphatic heterocycles. The topological polar surface area (TPSA) is 38.3 Å². The fourth-order valence-electron chi connectivity index (χ4n) is 3.81. The summed E-state index contributed by atoms with van der Waals surface area (Å²) in [6.07, 6.45) is 4.54. The molecular weight excluding hydrogens is 250 g/mol. The minimum atomic E-state index is 0.208. The van der Waals surface area contributed by atoms with E-state index in [0.29, 0.717) is 25.0 Å². The van der Waals surface area contributed by atoms with Crippen LogP contribution in [0.25, 0.3) is 0 Å². The van der Waals surface area contributed by atoms with Crippen LogP contribution in [0.15, 0.2) is 24.3 Å². The zero-order valence-electron chi connectivity index (χ0n) is 12.1. The number of para-hydroxylation sites is 1. The van der Waals surface area contributed by atoms with Crippen molar-refractivity contribution in [3.05, 3.63) is 29.8 Å². The number of rotatable bonds is 5. The summed E-state index contributed by atoms with van der Waals surface area (Å²) in [5, 5.41) is 3.55. The zero-order valence-corrected chi connectivity index (χ0v) is 12.1. The second kappa shape index (κ2) is 5.96. The zero-order chi connectivity index (χ0) is 13.9. The Balaban J connectivity index is 1.70. The van der Waals surface area contributed by atoms with E-state index < -0.39 is 0 Å². The van der Waals surface area contributed by atoms with Crippen LogP contribution >= 0.6 is 0 Å². The minimum Gasteiger partial charge on any atom is -0.493 e. The van der Waals surface area contributed by atoms with Crippen molar-refractivity contribution in [1.82, 2.24) is 5.32 Å². The van der Waals surface area contributed by atoms with Gasteiger partial charge < -0.3 is 10.1 Å². The van der Waals surface area contributed by atoms with E-state index in [1.165, 1.54) is 19.3 Å².